The van der Waals surface area contributed by atoms with Crippen LogP contribution in [0.1, 0.15) is 5.56 Å². The molecule has 6 N–H and O–H groups in total. The fraction of sp³-hybridized carbons (Fsp3) is 0.111. The minimum absolute atomic E-state index is 0.0651. The first-order chi connectivity index (χ1) is 12.2. The van der Waals surface area contributed by atoms with Gasteiger partial charge >= 0.3 is 0 Å². The third kappa shape index (κ3) is 3.86. The minimum Gasteiger partial charge on any atom is -0.504 e. The molecular formula is C18H18N2O6. The van der Waals surface area contributed by atoms with E-state index in [1.54, 1.807) is 0 Å². The van der Waals surface area contributed by atoms with Gasteiger partial charge in [-0.15, -0.1) is 0 Å². The van der Waals surface area contributed by atoms with Crippen LogP contribution < -0.4 is 10.6 Å². The van der Waals surface area contributed by atoms with E-state index < -0.39 is 23.6 Å². The van der Waals surface area contributed by atoms with Crippen LogP contribution in [-0.4, -0.2) is 38.3 Å². The van der Waals surface area contributed by atoms with Crippen LogP contribution >= 0.6 is 0 Å². The number of anilines is 1. The van der Waals surface area contributed by atoms with E-state index in [0.29, 0.717) is 5.56 Å². The van der Waals surface area contributed by atoms with Gasteiger partial charge in [-0.3, -0.25) is 14.5 Å². The summed E-state index contributed by atoms with van der Waals surface area (Å²) >= 11 is 0. The van der Waals surface area contributed by atoms with Gasteiger partial charge in [0.2, 0.25) is 5.91 Å². The molecule has 8 heteroatoms. The zero-order valence-corrected chi connectivity index (χ0v) is 13.7. The Labute approximate surface area is 149 Å². The number of primary amides is 1. The largest absolute Gasteiger partial charge is 0.504 e. The summed E-state index contributed by atoms with van der Waals surface area (Å²) in [5.41, 5.74) is 6.02. The zero-order chi connectivity index (χ0) is 19.4. The van der Waals surface area contributed by atoms with Crippen LogP contribution in [0.25, 0.3) is 0 Å². The summed E-state index contributed by atoms with van der Waals surface area (Å²) in [5.74, 6) is -3.06. The minimum atomic E-state index is -1.17. The molecule has 1 atom stereocenters. The second-order valence-electron chi connectivity index (χ2n) is 5.53. The van der Waals surface area contributed by atoms with E-state index in [-0.39, 0.29) is 29.4 Å². The van der Waals surface area contributed by atoms with Crippen LogP contribution in [0.4, 0.5) is 5.69 Å². The highest BCUT2D eigenvalue weighted by molar-refractivity contribution is 6.06. The lowest BCUT2D eigenvalue weighted by Crippen LogP contribution is -2.49. The van der Waals surface area contributed by atoms with Crippen LogP contribution in [0.15, 0.2) is 49.1 Å². The third-order valence-corrected chi connectivity index (χ3v) is 3.76. The van der Waals surface area contributed by atoms with Gasteiger partial charge in [0.05, 0.1) is 0 Å². The zero-order valence-electron chi connectivity index (χ0n) is 13.7. The van der Waals surface area contributed by atoms with Gasteiger partial charge in [-0.2, -0.15) is 0 Å². The van der Waals surface area contributed by atoms with Crippen molar-refractivity contribution < 1.29 is 30.0 Å². The standard InChI is InChI=1S/C18H18N2O6/c1-2-17(25)20(11-4-6-14(22)16(24)9-11)12(18(19)26)7-10-3-5-13(21)15(23)8-10/h2-6,8-9,12,21-24H,1,7H2,(H2,19,26). The quantitative estimate of drug-likeness (QED) is 0.387. The van der Waals surface area contributed by atoms with Gasteiger partial charge in [0, 0.05) is 18.2 Å². The molecule has 0 bridgehead atoms. The van der Waals surface area contributed by atoms with Gasteiger partial charge in [0.1, 0.15) is 6.04 Å². The number of benzene rings is 2. The molecule has 26 heavy (non-hydrogen) atoms. The van der Waals surface area contributed by atoms with Crippen molar-refractivity contribution in [3.05, 3.63) is 54.6 Å². The van der Waals surface area contributed by atoms with Crippen molar-refractivity contribution in [3.8, 4) is 23.0 Å². The lowest BCUT2D eigenvalue weighted by atomic mass is 10.0. The van der Waals surface area contributed by atoms with Crippen molar-refractivity contribution in [2.45, 2.75) is 12.5 Å². The van der Waals surface area contributed by atoms with Crippen LogP contribution in [-0.2, 0) is 16.0 Å². The smallest absolute Gasteiger partial charge is 0.251 e. The SMILES string of the molecule is C=CC(=O)N(c1ccc(O)c(O)c1)C(Cc1ccc(O)c(O)c1)C(N)=O. The fourth-order valence-corrected chi connectivity index (χ4v) is 2.46. The molecule has 0 fully saturated rings. The first kappa shape index (κ1) is 18.7. The maximum absolute atomic E-state index is 12.3. The highest BCUT2D eigenvalue weighted by Crippen LogP contribution is 2.32. The third-order valence-electron chi connectivity index (χ3n) is 3.76. The number of carbonyl (C=O) groups excluding carboxylic acids is 2. The predicted octanol–water partition coefficient (Wildman–Crippen LogP) is 1.12. The van der Waals surface area contributed by atoms with Gasteiger partial charge in [0.25, 0.3) is 5.91 Å². The maximum Gasteiger partial charge on any atom is 0.251 e. The molecular weight excluding hydrogens is 340 g/mol. The summed E-state index contributed by atoms with van der Waals surface area (Å²) in [4.78, 5) is 25.4. The van der Waals surface area contributed by atoms with Crippen LogP contribution in [0, 0.1) is 0 Å². The Morgan fingerprint density at radius 3 is 2.08 bits per heavy atom. The lowest BCUT2D eigenvalue weighted by Gasteiger charge is -2.29. The molecule has 0 aliphatic carbocycles. The van der Waals surface area contributed by atoms with Crippen molar-refractivity contribution >= 4 is 17.5 Å². The molecule has 136 valence electrons. The molecule has 1 unspecified atom stereocenters. The summed E-state index contributed by atoms with van der Waals surface area (Å²) in [6, 6.07) is 6.40. The molecule has 0 aliphatic rings. The summed E-state index contributed by atoms with van der Waals surface area (Å²) < 4.78 is 0. The van der Waals surface area contributed by atoms with Gasteiger partial charge < -0.3 is 26.2 Å². The number of nitrogens with two attached hydrogens (primary N) is 1. The molecule has 0 radical (unpaired) electrons. The van der Waals surface area contributed by atoms with E-state index in [1.165, 1.54) is 30.3 Å². The molecule has 2 aromatic carbocycles. The first-order valence-corrected chi connectivity index (χ1v) is 7.52. The number of phenols is 4. The highest BCUT2D eigenvalue weighted by atomic mass is 16.3. The van der Waals surface area contributed by atoms with Crippen molar-refractivity contribution in [3.63, 3.8) is 0 Å². The topological polar surface area (TPSA) is 144 Å². The predicted molar refractivity (Wildman–Crippen MR) is 93.9 cm³/mol. The number of amides is 2. The van der Waals surface area contributed by atoms with Crippen molar-refractivity contribution in [1.82, 2.24) is 0 Å². The summed E-state index contributed by atoms with van der Waals surface area (Å²) in [5, 5.41) is 38.1. The number of nitrogens with zero attached hydrogens (tertiary/aromatic N) is 1. The van der Waals surface area contributed by atoms with Crippen molar-refractivity contribution in [2.75, 3.05) is 4.90 Å². The number of carbonyl (C=O) groups is 2. The highest BCUT2D eigenvalue weighted by Gasteiger charge is 2.29. The molecule has 0 aromatic heterocycles. The Morgan fingerprint density at radius 1 is 1.00 bits per heavy atom. The van der Waals surface area contributed by atoms with Gasteiger partial charge in [-0.05, 0) is 35.9 Å². The van der Waals surface area contributed by atoms with E-state index in [0.717, 1.165) is 17.0 Å². The van der Waals surface area contributed by atoms with Gasteiger partial charge in [-0.1, -0.05) is 12.6 Å². The Bertz CT molecular complexity index is 865. The first-order valence-electron chi connectivity index (χ1n) is 7.52. The normalized spacial score (nSPS) is 11.5. The lowest BCUT2D eigenvalue weighted by molar-refractivity contribution is -0.122. The van der Waals surface area contributed by atoms with Crippen LogP contribution in [0.2, 0.25) is 0 Å². The van der Waals surface area contributed by atoms with E-state index in [9.17, 15) is 30.0 Å². The Morgan fingerprint density at radius 2 is 1.58 bits per heavy atom. The van der Waals surface area contributed by atoms with Gasteiger partial charge in [0.15, 0.2) is 23.0 Å². The van der Waals surface area contributed by atoms with Crippen LogP contribution in [0.3, 0.4) is 0 Å². The molecule has 0 heterocycles. The molecule has 2 rings (SSSR count). The summed E-state index contributed by atoms with van der Waals surface area (Å²) in [7, 11) is 0. The summed E-state index contributed by atoms with van der Waals surface area (Å²) in [6.07, 6.45) is 0.915. The van der Waals surface area contributed by atoms with Crippen molar-refractivity contribution in [2.24, 2.45) is 5.73 Å². The average molecular weight is 358 g/mol. The number of hydrogen-bond acceptors (Lipinski definition) is 6. The molecule has 2 amide bonds. The van der Waals surface area contributed by atoms with Gasteiger partial charge in [-0.25, -0.2) is 0 Å². The maximum atomic E-state index is 12.3. The molecule has 0 saturated carbocycles. The molecule has 0 saturated heterocycles. The second kappa shape index (κ2) is 7.47. The second-order valence-corrected chi connectivity index (χ2v) is 5.53. The fourth-order valence-electron chi connectivity index (χ4n) is 2.46. The van der Waals surface area contributed by atoms with Crippen molar-refractivity contribution in [1.29, 1.82) is 0 Å². The monoisotopic (exact) mass is 358 g/mol. The van der Waals surface area contributed by atoms with Crippen LogP contribution in [0.5, 0.6) is 23.0 Å². The Kier molecular flexibility index (Phi) is 5.36. The molecule has 2 aromatic rings. The number of phenolic OH excluding ortho intramolecular Hbond substituents is 4. The Hall–Kier alpha value is -3.68. The van der Waals surface area contributed by atoms with E-state index >= 15 is 0 Å². The molecule has 8 nitrogen and oxygen atoms in total. The Balaban J connectivity index is 2.48. The number of aromatic hydroxyl groups is 4. The number of hydrogen-bond donors (Lipinski definition) is 5. The average Bonchev–Trinajstić information content (AvgIpc) is 2.60. The summed E-state index contributed by atoms with van der Waals surface area (Å²) in [6.45, 7) is 3.39. The molecule has 0 spiro atoms. The van der Waals surface area contributed by atoms with E-state index in [2.05, 4.69) is 6.58 Å². The number of rotatable bonds is 6. The van der Waals surface area contributed by atoms with E-state index in [1.807, 2.05) is 0 Å². The molecule has 0 aliphatic heterocycles. The van der Waals surface area contributed by atoms with E-state index in [4.69, 9.17) is 5.73 Å².